The largest absolute Gasteiger partial charge is 0.411 e. The van der Waals surface area contributed by atoms with E-state index in [2.05, 4.69) is 14.9 Å². The van der Waals surface area contributed by atoms with Crippen LogP contribution in [0.1, 0.15) is 5.82 Å². The van der Waals surface area contributed by atoms with E-state index in [0.29, 0.717) is 16.3 Å². The van der Waals surface area contributed by atoms with Gasteiger partial charge in [-0.25, -0.2) is 0 Å². The van der Waals surface area contributed by atoms with E-state index >= 15 is 0 Å². The molecule has 2 rings (SSSR count). The maximum absolute atomic E-state index is 11.9. The van der Waals surface area contributed by atoms with Crippen LogP contribution in [0.5, 0.6) is 0 Å². The fourth-order valence-electron chi connectivity index (χ4n) is 1.48. The summed E-state index contributed by atoms with van der Waals surface area (Å²) in [6.07, 6.45) is -4.23. The van der Waals surface area contributed by atoms with E-state index in [1.807, 2.05) is 0 Å². The number of anilines is 1. The second-order valence-electron chi connectivity index (χ2n) is 4.17. The first-order valence-corrected chi connectivity index (χ1v) is 6.25. The van der Waals surface area contributed by atoms with Gasteiger partial charge in [0.15, 0.2) is 5.82 Å². The molecule has 1 heterocycles. The van der Waals surface area contributed by atoms with Crippen molar-refractivity contribution in [2.75, 3.05) is 18.9 Å². The molecule has 1 aromatic heterocycles. The van der Waals surface area contributed by atoms with Gasteiger partial charge >= 0.3 is 6.18 Å². The molecular formula is C12H11ClF3N3O2. The quantitative estimate of drug-likeness (QED) is 0.676. The van der Waals surface area contributed by atoms with Gasteiger partial charge in [0.05, 0.1) is 17.3 Å². The summed E-state index contributed by atoms with van der Waals surface area (Å²) in [5, 5.41) is 4.00. The van der Waals surface area contributed by atoms with Gasteiger partial charge in [-0.1, -0.05) is 16.8 Å². The molecule has 9 heteroatoms. The van der Waals surface area contributed by atoms with Crippen LogP contribution >= 0.6 is 11.6 Å². The Hall–Kier alpha value is -1.80. The van der Waals surface area contributed by atoms with Gasteiger partial charge in [-0.05, 0) is 18.2 Å². The van der Waals surface area contributed by atoms with Crippen LogP contribution in [0.2, 0.25) is 5.02 Å². The number of nitrogens with two attached hydrogens (primary N) is 1. The summed E-state index contributed by atoms with van der Waals surface area (Å²) in [6, 6.07) is 4.81. The number of benzene rings is 1. The Morgan fingerprint density at radius 1 is 1.33 bits per heavy atom. The Bertz CT molecular complexity index is 616. The molecule has 0 aliphatic carbocycles. The summed E-state index contributed by atoms with van der Waals surface area (Å²) in [6.45, 7) is -1.45. The second kappa shape index (κ2) is 6.31. The number of rotatable bonds is 5. The van der Waals surface area contributed by atoms with Crippen LogP contribution in [0.4, 0.5) is 18.9 Å². The second-order valence-corrected chi connectivity index (χ2v) is 4.58. The number of alkyl halides is 3. The van der Waals surface area contributed by atoms with E-state index in [4.69, 9.17) is 21.9 Å². The molecule has 0 atom stereocenters. The predicted octanol–water partition coefficient (Wildman–Crippen LogP) is 3.09. The number of nitrogen functional groups attached to an aromatic ring is 1. The van der Waals surface area contributed by atoms with Crippen molar-refractivity contribution in [2.24, 2.45) is 0 Å². The maximum atomic E-state index is 11.9. The summed E-state index contributed by atoms with van der Waals surface area (Å²) in [4.78, 5) is 4.05. The van der Waals surface area contributed by atoms with E-state index < -0.39 is 12.8 Å². The van der Waals surface area contributed by atoms with E-state index in [-0.39, 0.29) is 24.7 Å². The number of aromatic nitrogens is 2. The number of hydrogen-bond donors (Lipinski definition) is 1. The Morgan fingerprint density at radius 2 is 2.10 bits per heavy atom. The molecule has 0 spiro atoms. The molecule has 0 bridgehead atoms. The standard InChI is InChI=1S/C12H11ClF3N3O2/c13-8-5-7(1-2-9(8)17)11-18-10(19-21-11)3-4-20-6-12(14,15)16/h1-2,5H,3-4,6,17H2. The minimum absolute atomic E-state index is 0.113. The topological polar surface area (TPSA) is 74.2 Å². The van der Waals surface area contributed by atoms with Crippen LogP contribution < -0.4 is 5.73 Å². The summed E-state index contributed by atoms with van der Waals surface area (Å²) in [5.74, 6) is 0.461. The van der Waals surface area contributed by atoms with Crippen molar-refractivity contribution in [1.82, 2.24) is 10.1 Å². The molecule has 1 aromatic carbocycles. The molecule has 0 amide bonds. The average Bonchev–Trinajstić information content (AvgIpc) is 2.86. The zero-order valence-electron chi connectivity index (χ0n) is 10.7. The van der Waals surface area contributed by atoms with Gasteiger partial charge in [0.2, 0.25) is 0 Å². The van der Waals surface area contributed by atoms with Crippen LogP contribution in [-0.2, 0) is 11.2 Å². The highest BCUT2D eigenvalue weighted by Gasteiger charge is 2.27. The van der Waals surface area contributed by atoms with E-state index in [9.17, 15) is 13.2 Å². The van der Waals surface area contributed by atoms with E-state index in [1.165, 1.54) is 0 Å². The molecule has 0 aliphatic heterocycles. The number of halogens is 4. The molecule has 2 N–H and O–H groups in total. The van der Waals surface area contributed by atoms with Crippen molar-refractivity contribution in [1.29, 1.82) is 0 Å². The van der Waals surface area contributed by atoms with Gasteiger partial charge in [0.1, 0.15) is 6.61 Å². The molecule has 0 aliphatic rings. The maximum Gasteiger partial charge on any atom is 0.411 e. The number of nitrogens with zero attached hydrogens (tertiary/aromatic N) is 2. The fraction of sp³-hybridized carbons (Fsp3) is 0.333. The summed E-state index contributed by atoms with van der Waals surface area (Å²) in [7, 11) is 0. The molecule has 0 saturated carbocycles. The minimum atomic E-state index is -4.34. The number of hydrogen-bond acceptors (Lipinski definition) is 5. The molecule has 0 fully saturated rings. The molecule has 5 nitrogen and oxygen atoms in total. The van der Waals surface area contributed by atoms with Crippen molar-refractivity contribution in [3.8, 4) is 11.5 Å². The van der Waals surface area contributed by atoms with E-state index in [1.54, 1.807) is 18.2 Å². The molecule has 114 valence electrons. The van der Waals surface area contributed by atoms with Gasteiger partial charge in [-0.15, -0.1) is 0 Å². The summed E-state index contributed by atoms with van der Waals surface area (Å²) >= 11 is 5.87. The first-order valence-electron chi connectivity index (χ1n) is 5.87. The van der Waals surface area contributed by atoms with Gasteiger partial charge in [0.25, 0.3) is 5.89 Å². The van der Waals surface area contributed by atoms with Gasteiger partial charge in [-0.3, -0.25) is 0 Å². The Kier molecular flexibility index (Phi) is 4.69. The SMILES string of the molecule is Nc1ccc(-c2nc(CCOCC(F)(F)F)no2)cc1Cl. The van der Waals surface area contributed by atoms with Crippen LogP contribution in [0.25, 0.3) is 11.5 Å². The molecule has 2 aromatic rings. The molecule has 21 heavy (non-hydrogen) atoms. The highest BCUT2D eigenvalue weighted by molar-refractivity contribution is 6.33. The fourth-order valence-corrected chi connectivity index (χ4v) is 1.66. The normalized spacial score (nSPS) is 11.8. The third-order valence-corrected chi connectivity index (χ3v) is 2.78. The van der Waals surface area contributed by atoms with Crippen LogP contribution in [0.15, 0.2) is 22.7 Å². The number of ether oxygens (including phenoxy) is 1. The summed E-state index contributed by atoms with van der Waals surface area (Å²) < 4.78 is 45.1. The van der Waals surface area contributed by atoms with Gasteiger partial charge in [-0.2, -0.15) is 18.2 Å². The minimum Gasteiger partial charge on any atom is -0.398 e. The smallest absolute Gasteiger partial charge is 0.398 e. The first kappa shape index (κ1) is 15.6. The molecule has 0 saturated heterocycles. The van der Waals surface area contributed by atoms with Crippen LogP contribution in [0, 0.1) is 0 Å². The predicted molar refractivity (Wildman–Crippen MR) is 69.7 cm³/mol. The lowest BCUT2D eigenvalue weighted by Gasteiger charge is -2.05. The van der Waals surface area contributed by atoms with Gasteiger partial charge in [0, 0.05) is 12.0 Å². The Balaban J connectivity index is 1.93. The Morgan fingerprint density at radius 3 is 2.76 bits per heavy atom. The zero-order chi connectivity index (χ0) is 15.5. The van der Waals surface area contributed by atoms with Crippen molar-refractivity contribution in [3.63, 3.8) is 0 Å². The first-order chi connectivity index (χ1) is 9.85. The average molecular weight is 322 g/mol. The van der Waals surface area contributed by atoms with Crippen molar-refractivity contribution >= 4 is 17.3 Å². The zero-order valence-corrected chi connectivity index (χ0v) is 11.4. The molecule has 0 radical (unpaired) electrons. The highest BCUT2D eigenvalue weighted by Crippen LogP contribution is 2.25. The lowest BCUT2D eigenvalue weighted by atomic mass is 10.2. The van der Waals surface area contributed by atoms with E-state index in [0.717, 1.165) is 0 Å². The summed E-state index contributed by atoms with van der Waals surface area (Å²) in [5.41, 5.74) is 6.57. The van der Waals surface area contributed by atoms with Crippen molar-refractivity contribution in [2.45, 2.75) is 12.6 Å². The lowest BCUT2D eigenvalue weighted by Crippen LogP contribution is -2.18. The Labute approximate surface area is 122 Å². The lowest BCUT2D eigenvalue weighted by molar-refractivity contribution is -0.173. The highest BCUT2D eigenvalue weighted by atomic mass is 35.5. The van der Waals surface area contributed by atoms with Crippen molar-refractivity contribution < 1.29 is 22.4 Å². The van der Waals surface area contributed by atoms with Crippen LogP contribution in [-0.4, -0.2) is 29.5 Å². The molecule has 0 unspecified atom stereocenters. The monoisotopic (exact) mass is 321 g/mol. The van der Waals surface area contributed by atoms with Crippen LogP contribution in [0.3, 0.4) is 0 Å². The molecular weight excluding hydrogens is 311 g/mol. The third-order valence-electron chi connectivity index (χ3n) is 2.45. The third kappa shape index (κ3) is 4.61. The van der Waals surface area contributed by atoms with Crippen molar-refractivity contribution in [3.05, 3.63) is 29.0 Å². The van der Waals surface area contributed by atoms with Gasteiger partial charge < -0.3 is 15.0 Å².